The molecule has 2 aromatic rings. The Bertz CT molecular complexity index is 995. The Morgan fingerprint density at radius 1 is 1.48 bits per heavy atom. The lowest BCUT2D eigenvalue weighted by Gasteiger charge is -2.47. The summed E-state index contributed by atoms with van der Waals surface area (Å²) in [6.45, 7) is 3.91. The zero-order chi connectivity index (χ0) is 20.8. The second-order valence-corrected chi connectivity index (χ2v) is 11.9. The van der Waals surface area contributed by atoms with Crippen LogP contribution in [-0.2, 0) is 33.3 Å². The molecule has 0 radical (unpaired) electrons. The molecular weight excluding hydrogens is 439 g/mol. The Labute approximate surface area is 178 Å². The lowest BCUT2D eigenvalue weighted by Crippen LogP contribution is -2.50. The van der Waals surface area contributed by atoms with Crippen LogP contribution in [0.2, 0.25) is 4.34 Å². The van der Waals surface area contributed by atoms with E-state index < -0.39 is 21.6 Å². The van der Waals surface area contributed by atoms with Crippen LogP contribution >= 0.6 is 22.9 Å². The van der Waals surface area contributed by atoms with Gasteiger partial charge in [0.2, 0.25) is 0 Å². The fourth-order valence-corrected chi connectivity index (χ4v) is 6.15. The minimum Gasteiger partial charge on any atom is -0.366 e. The number of thiophene rings is 1. The largest absolute Gasteiger partial charge is 0.366 e. The molecule has 1 fully saturated rings. The van der Waals surface area contributed by atoms with Crippen molar-refractivity contribution in [1.29, 1.82) is 0 Å². The first-order valence-corrected chi connectivity index (χ1v) is 12.8. The molecule has 0 bridgehead atoms. The Hall–Kier alpha value is -1.07. The van der Waals surface area contributed by atoms with E-state index in [0.29, 0.717) is 23.0 Å². The molecule has 1 spiro atoms. The molecule has 0 aromatic carbocycles. The van der Waals surface area contributed by atoms with Crippen molar-refractivity contribution < 1.29 is 17.5 Å². The van der Waals surface area contributed by atoms with Gasteiger partial charge in [0.15, 0.2) is 0 Å². The molecule has 1 saturated heterocycles. The zero-order valence-electron chi connectivity index (χ0n) is 16.3. The molecule has 11 heteroatoms. The van der Waals surface area contributed by atoms with Crippen molar-refractivity contribution in [3.63, 3.8) is 0 Å². The summed E-state index contributed by atoms with van der Waals surface area (Å²) in [5.74, 6) is 0.0387. The molecule has 4 heterocycles. The normalized spacial score (nSPS) is 28.0. The predicted octanol–water partition coefficient (Wildman–Crippen LogP) is 2.96. The van der Waals surface area contributed by atoms with Gasteiger partial charge < -0.3 is 4.74 Å². The summed E-state index contributed by atoms with van der Waals surface area (Å²) in [4.78, 5) is 3.23. The second kappa shape index (κ2) is 7.88. The molecule has 4 rings (SSSR count). The van der Waals surface area contributed by atoms with Gasteiger partial charge in [0.1, 0.15) is 21.6 Å². The first kappa shape index (κ1) is 21.2. The van der Waals surface area contributed by atoms with Crippen LogP contribution in [0.3, 0.4) is 0 Å². The summed E-state index contributed by atoms with van der Waals surface area (Å²) in [7, 11) is -3.04. The van der Waals surface area contributed by atoms with E-state index in [0.717, 1.165) is 30.0 Å². The number of likely N-dealkylation sites (tertiary alicyclic amines) is 1. The Kier molecular flexibility index (Phi) is 5.75. The highest BCUT2D eigenvalue weighted by Crippen LogP contribution is 2.51. The number of piperidine rings is 1. The van der Waals surface area contributed by atoms with Crippen molar-refractivity contribution in [3.8, 4) is 0 Å². The number of sulfone groups is 1. The molecule has 0 aliphatic carbocycles. The number of alkyl halides is 1. The van der Waals surface area contributed by atoms with Gasteiger partial charge in [0, 0.05) is 42.0 Å². The number of ether oxygens (including phenoxy) is 1. The van der Waals surface area contributed by atoms with Crippen molar-refractivity contribution in [2.24, 2.45) is 0 Å². The number of aryl methyl sites for hydroxylation is 1. The van der Waals surface area contributed by atoms with Crippen LogP contribution in [0.15, 0.2) is 12.3 Å². The summed E-state index contributed by atoms with van der Waals surface area (Å²) >= 11 is 7.60. The van der Waals surface area contributed by atoms with Crippen LogP contribution in [0, 0.1) is 0 Å². The molecule has 1 unspecified atom stereocenters. The maximum Gasteiger partial charge on any atom is 0.150 e. The molecule has 7 nitrogen and oxygen atoms in total. The Balaban J connectivity index is 1.43. The summed E-state index contributed by atoms with van der Waals surface area (Å²) in [5, 5.41) is 8.21. The molecular formula is C18H24ClFN4O3S2. The van der Waals surface area contributed by atoms with Crippen LogP contribution in [0.5, 0.6) is 0 Å². The van der Waals surface area contributed by atoms with Gasteiger partial charge in [-0.3, -0.25) is 9.58 Å². The van der Waals surface area contributed by atoms with Crippen LogP contribution < -0.4 is 0 Å². The van der Waals surface area contributed by atoms with Gasteiger partial charge in [-0.05, 0) is 25.8 Å². The van der Waals surface area contributed by atoms with Gasteiger partial charge in [0.05, 0.1) is 28.9 Å². The minimum atomic E-state index is -3.04. The van der Waals surface area contributed by atoms with Gasteiger partial charge in [-0.2, -0.15) is 0 Å². The topological polar surface area (TPSA) is 77.3 Å². The zero-order valence-corrected chi connectivity index (χ0v) is 18.7. The van der Waals surface area contributed by atoms with E-state index in [-0.39, 0.29) is 18.4 Å². The molecule has 3 atom stereocenters. The Morgan fingerprint density at radius 2 is 2.28 bits per heavy atom. The third kappa shape index (κ3) is 4.51. The quantitative estimate of drug-likeness (QED) is 0.679. The van der Waals surface area contributed by atoms with Gasteiger partial charge in [-0.25, -0.2) is 12.8 Å². The maximum absolute atomic E-state index is 14.3. The summed E-state index contributed by atoms with van der Waals surface area (Å²) in [6.07, 6.45) is 3.40. The van der Waals surface area contributed by atoms with E-state index in [9.17, 15) is 12.8 Å². The molecule has 0 N–H and O–H groups in total. The third-order valence-corrected chi connectivity index (χ3v) is 8.07. The number of hydrogen-bond acceptors (Lipinski definition) is 7. The number of rotatable bonds is 5. The van der Waals surface area contributed by atoms with Crippen LogP contribution in [0.1, 0.15) is 42.1 Å². The maximum atomic E-state index is 14.3. The highest BCUT2D eigenvalue weighted by atomic mass is 35.5. The molecule has 29 heavy (non-hydrogen) atoms. The summed E-state index contributed by atoms with van der Waals surface area (Å²) in [6, 6.07) is 1.94. The van der Waals surface area contributed by atoms with Crippen molar-refractivity contribution in [3.05, 3.63) is 32.7 Å². The van der Waals surface area contributed by atoms with E-state index in [2.05, 4.69) is 22.1 Å². The first-order chi connectivity index (χ1) is 13.7. The average molecular weight is 463 g/mol. The number of hydrogen-bond donors (Lipinski definition) is 0. The molecule has 0 amide bonds. The molecule has 2 aliphatic heterocycles. The van der Waals surface area contributed by atoms with Crippen LogP contribution in [-0.4, -0.2) is 59.5 Å². The first-order valence-electron chi connectivity index (χ1n) is 9.54. The van der Waals surface area contributed by atoms with E-state index in [4.69, 9.17) is 16.3 Å². The van der Waals surface area contributed by atoms with Gasteiger partial charge >= 0.3 is 0 Å². The van der Waals surface area contributed by atoms with Gasteiger partial charge in [-0.1, -0.05) is 16.8 Å². The van der Waals surface area contributed by atoms with Gasteiger partial charge in [-0.15, -0.1) is 16.4 Å². The molecule has 160 valence electrons. The van der Waals surface area contributed by atoms with Crippen LogP contribution in [0.4, 0.5) is 4.39 Å². The molecule has 0 saturated carbocycles. The molecule has 2 aromatic heterocycles. The van der Waals surface area contributed by atoms with Crippen molar-refractivity contribution in [2.45, 2.75) is 50.7 Å². The third-order valence-electron chi connectivity index (χ3n) is 5.68. The van der Waals surface area contributed by atoms with Crippen molar-refractivity contribution in [2.75, 3.05) is 25.2 Å². The highest BCUT2D eigenvalue weighted by molar-refractivity contribution is 7.90. The van der Waals surface area contributed by atoms with E-state index in [1.165, 1.54) is 17.6 Å². The number of nitrogens with zero attached hydrogens (tertiary/aromatic N) is 4. The smallest absolute Gasteiger partial charge is 0.150 e. The fraction of sp³-hybridized carbons (Fsp3) is 0.667. The van der Waals surface area contributed by atoms with E-state index >= 15 is 0 Å². The van der Waals surface area contributed by atoms with E-state index in [1.807, 2.05) is 0 Å². The number of halogens is 2. The molecule has 2 aliphatic rings. The SMILES string of the molecule is C[C@H]1C[C@@]2(CCN1Cc1cn(CCS(C)(=O)=O)nn1)OCC(F)c1cc(Cl)sc12. The Morgan fingerprint density at radius 3 is 3.00 bits per heavy atom. The van der Waals surface area contributed by atoms with Crippen molar-refractivity contribution >= 4 is 32.8 Å². The average Bonchev–Trinajstić information content (AvgIpc) is 3.26. The van der Waals surface area contributed by atoms with Crippen LogP contribution in [0.25, 0.3) is 0 Å². The second-order valence-electron chi connectivity index (χ2n) is 7.98. The number of aromatic nitrogens is 3. The predicted molar refractivity (Wildman–Crippen MR) is 110 cm³/mol. The monoisotopic (exact) mass is 462 g/mol. The summed E-state index contributed by atoms with van der Waals surface area (Å²) < 4.78 is 45.1. The number of fused-ring (bicyclic) bond motifs is 2. The fourth-order valence-electron chi connectivity index (χ4n) is 4.16. The highest BCUT2D eigenvalue weighted by Gasteiger charge is 2.47. The lowest BCUT2D eigenvalue weighted by atomic mass is 9.82. The van der Waals surface area contributed by atoms with Crippen molar-refractivity contribution in [1.82, 2.24) is 19.9 Å². The summed E-state index contributed by atoms with van der Waals surface area (Å²) in [5.41, 5.74) is 1.01. The van der Waals surface area contributed by atoms with E-state index in [1.54, 1.807) is 16.9 Å². The standard InChI is InChI=1S/C18H24ClFN4O3S2/c1-12-8-18(17-14(7-16(19)28-17)15(20)11-27-18)3-4-23(12)9-13-10-24(22-21-13)5-6-29(2,25)26/h7,10,12,15H,3-6,8-9,11H2,1-2H3/t12-,15?,18+/m0/s1. The lowest BCUT2D eigenvalue weighted by molar-refractivity contribution is -0.128. The van der Waals surface area contributed by atoms with Gasteiger partial charge in [0.25, 0.3) is 0 Å². The minimum absolute atomic E-state index is 0.0387.